The number of carbonyl (C=O) groups is 3. The van der Waals surface area contributed by atoms with Crippen molar-refractivity contribution < 1.29 is 33.2 Å². The fourth-order valence-electron chi connectivity index (χ4n) is 3.49. The number of nitro benzene ring substituents is 1. The van der Waals surface area contributed by atoms with Crippen LogP contribution >= 0.6 is 39.1 Å². The number of carbonyl (C=O) groups excluding carboxylic acids is 3. The van der Waals surface area contributed by atoms with E-state index in [0.29, 0.717) is 20.1 Å². The number of amides is 3. The normalized spacial score (nSPS) is 14.1. The minimum atomic E-state index is -0.753. The van der Waals surface area contributed by atoms with E-state index < -0.39 is 22.8 Å². The van der Waals surface area contributed by atoms with Gasteiger partial charge in [-0.25, -0.2) is 9.59 Å². The van der Waals surface area contributed by atoms with Crippen molar-refractivity contribution in [2.75, 3.05) is 7.11 Å². The molecule has 4 rings (SSSR count). The van der Waals surface area contributed by atoms with Gasteiger partial charge in [-0.3, -0.25) is 19.8 Å². The van der Waals surface area contributed by atoms with Crippen molar-refractivity contribution in [3.8, 4) is 5.75 Å². The van der Waals surface area contributed by atoms with E-state index in [2.05, 4.69) is 26.0 Å². The minimum absolute atomic E-state index is 0.0886. The Morgan fingerprint density at radius 2 is 1.97 bits per heavy atom. The van der Waals surface area contributed by atoms with Crippen LogP contribution in [0.4, 0.5) is 10.5 Å². The van der Waals surface area contributed by atoms with E-state index >= 15 is 0 Å². The van der Waals surface area contributed by atoms with Crippen LogP contribution in [0.3, 0.4) is 0 Å². The number of esters is 1. The number of nitro groups is 1. The zero-order valence-corrected chi connectivity index (χ0v) is 22.4. The molecule has 1 aliphatic heterocycles. The van der Waals surface area contributed by atoms with Crippen molar-refractivity contribution >= 4 is 68.8 Å². The summed E-state index contributed by atoms with van der Waals surface area (Å²) in [7, 11) is 1.19. The van der Waals surface area contributed by atoms with Crippen LogP contribution in [0, 0.1) is 10.1 Å². The lowest BCUT2D eigenvalue weighted by Gasteiger charge is -2.12. The van der Waals surface area contributed by atoms with Crippen molar-refractivity contribution in [3.05, 3.63) is 95.4 Å². The van der Waals surface area contributed by atoms with E-state index in [4.69, 9.17) is 32.4 Å². The maximum Gasteiger partial charge on any atom is 0.373 e. The first-order valence-corrected chi connectivity index (χ1v) is 12.2. The van der Waals surface area contributed by atoms with Crippen molar-refractivity contribution in [2.45, 2.75) is 13.2 Å². The number of rotatable bonds is 8. The maximum absolute atomic E-state index is 13.0. The largest absolute Gasteiger partial charge is 0.481 e. The van der Waals surface area contributed by atoms with Gasteiger partial charge in [0.25, 0.3) is 5.91 Å². The van der Waals surface area contributed by atoms with Crippen molar-refractivity contribution in [3.63, 3.8) is 0 Å². The number of nitrogens with one attached hydrogen (secondary N) is 1. The third-order valence-electron chi connectivity index (χ3n) is 5.27. The van der Waals surface area contributed by atoms with Crippen molar-refractivity contribution in [2.24, 2.45) is 0 Å². The summed E-state index contributed by atoms with van der Waals surface area (Å²) in [5.74, 6) is -1.50. The summed E-state index contributed by atoms with van der Waals surface area (Å²) in [5, 5.41) is 14.9. The van der Waals surface area contributed by atoms with Gasteiger partial charge in [0.1, 0.15) is 18.1 Å². The second-order valence-corrected chi connectivity index (χ2v) is 9.52. The first-order valence-electron chi connectivity index (χ1n) is 10.6. The van der Waals surface area contributed by atoms with Crippen LogP contribution in [0.25, 0.3) is 6.08 Å². The number of nitrogens with zero attached hydrogens (tertiary/aromatic N) is 2. The van der Waals surface area contributed by atoms with E-state index in [0.717, 1.165) is 4.90 Å². The molecule has 3 amide bonds. The monoisotopic (exact) mass is 623 g/mol. The molecule has 3 aromatic rings. The molecule has 0 aliphatic carbocycles. The molecule has 0 spiro atoms. The van der Waals surface area contributed by atoms with E-state index in [-0.39, 0.29) is 47.4 Å². The second kappa shape index (κ2) is 11.3. The Hall–Kier alpha value is -3.87. The number of hydrogen-bond donors (Lipinski definition) is 1. The molecule has 0 atom stereocenters. The summed E-state index contributed by atoms with van der Waals surface area (Å²) in [4.78, 5) is 49.1. The van der Waals surface area contributed by atoms with Gasteiger partial charge in [-0.15, -0.1) is 0 Å². The van der Waals surface area contributed by atoms with Crippen LogP contribution in [-0.2, 0) is 22.7 Å². The molecule has 14 heteroatoms. The van der Waals surface area contributed by atoms with Gasteiger partial charge in [0, 0.05) is 31.7 Å². The third-order valence-corrected chi connectivity index (χ3v) is 6.32. The number of imide groups is 1. The highest BCUT2D eigenvalue weighted by Gasteiger charge is 2.35. The van der Waals surface area contributed by atoms with Gasteiger partial charge in [0.05, 0.1) is 18.6 Å². The van der Waals surface area contributed by atoms with Crippen LogP contribution < -0.4 is 10.1 Å². The molecule has 1 fully saturated rings. The number of methoxy groups -OCH3 is 1. The summed E-state index contributed by atoms with van der Waals surface area (Å²) < 4.78 is 16.0. The number of ether oxygens (including phenoxy) is 2. The Morgan fingerprint density at radius 1 is 1.21 bits per heavy atom. The number of furan rings is 1. The molecule has 0 unspecified atom stereocenters. The molecule has 1 N–H and O–H groups in total. The van der Waals surface area contributed by atoms with Gasteiger partial charge in [0.15, 0.2) is 0 Å². The van der Waals surface area contributed by atoms with Gasteiger partial charge in [0.2, 0.25) is 11.5 Å². The summed E-state index contributed by atoms with van der Waals surface area (Å²) in [5.41, 5.74) is 0.133. The van der Waals surface area contributed by atoms with E-state index in [1.165, 1.54) is 43.5 Å². The number of halogens is 3. The first-order chi connectivity index (χ1) is 18.1. The lowest BCUT2D eigenvalue weighted by Crippen LogP contribution is -2.30. The van der Waals surface area contributed by atoms with Crippen molar-refractivity contribution in [1.82, 2.24) is 10.2 Å². The summed E-state index contributed by atoms with van der Waals surface area (Å²) >= 11 is 15.3. The summed E-state index contributed by atoms with van der Waals surface area (Å²) in [6.45, 7) is -0.405. The predicted molar refractivity (Wildman–Crippen MR) is 139 cm³/mol. The van der Waals surface area contributed by atoms with Gasteiger partial charge in [-0.1, -0.05) is 45.2 Å². The number of benzene rings is 2. The summed E-state index contributed by atoms with van der Waals surface area (Å²) in [6.07, 6.45) is 1.26. The topological polar surface area (TPSA) is 141 Å². The zero-order valence-electron chi connectivity index (χ0n) is 19.3. The molecule has 0 bridgehead atoms. The van der Waals surface area contributed by atoms with Crippen LogP contribution in [0.15, 0.2) is 57.1 Å². The lowest BCUT2D eigenvalue weighted by atomic mass is 10.1. The number of urea groups is 1. The predicted octanol–water partition coefficient (Wildman–Crippen LogP) is 5.72. The van der Waals surface area contributed by atoms with Crippen LogP contribution in [0.2, 0.25) is 10.0 Å². The zero-order chi connectivity index (χ0) is 27.6. The van der Waals surface area contributed by atoms with Gasteiger partial charge >= 0.3 is 17.7 Å². The molecule has 1 saturated heterocycles. The van der Waals surface area contributed by atoms with E-state index in [9.17, 15) is 24.5 Å². The molecule has 0 radical (unpaired) electrons. The van der Waals surface area contributed by atoms with Gasteiger partial charge < -0.3 is 19.2 Å². The molecule has 1 aliphatic rings. The fourth-order valence-corrected chi connectivity index (χ4v) is 4.41. The smallest absolute Gasteiger partial charge is 0.373 e. The number of hydrogen-bond acceptors (Lipinski definition) is 8. The third kappa shape index (κ3) is 5.82. The first kappa shape index (κ1) is 27.2. The molecular formula is C24H16BrCl2N3O8. The lowest BCUT2D eigenvalue weighted by molar-refractivity contribution is -0.386. The molecule has 11 nitrogen and oxygen atoms in total. The van der Waals surface area contributed by atoms with Gasteiger partial charge in [-0.05, 0) is 36.4 Å². The average molecular weight is 625 g/mol. The van der Waals surface area contributed by atoms with Crippen LogP contribution in [0.1, 0.15) is 27.4 Å². The quantitative estimate of drug-likeness (QED) is 0.110. The molecular weight excluding hydrogens is 609 g/mol. The fraction of sp³-hybridized carbons (Fsp3) is 0.125. The van der Waals surface area contributed by atoms with Gasteiger partial charge in [-0.2, -0.15) is 0 Å². The maximum atomic E-state index is 13.0. The Morgan fingerprint density at radius 3 is 2.66 bits per heavy atom. The second-order valence-electron chi connectivity index (χ2n) is 7.76. The van der Waals surface area contributed by atoms with E-state index in [1.807, 2.05) is 0 Å². The molecule has 0 saturated carbocycles. The van der Waals surface area contributed by atoms with Crippen molar-refractivity contribution in [1.29, 1.82) is 0 Å². The minimum Gasteiger partial charge on any atom is -0.481 e. The Kier molecular flexibility index (Phi) is 8.05. The van der Waals surface area contributed by atoms with Crippen LogP contribution in [0.5, 0.6) is 5.75 Å². The molecule has 2 heterocycles. The van der Waals surface area contributed by atoms with E-state index in [1.54, 1.807) is 12.1 Å². The Labute approximate surface area is 233 Å². The highest BCUT2D eigenvalue weighted by molar-refractivity contribution is 9.10. The highest BCUT2D eigenvalue weighted by Crippen LogP contribution is 2.37. The highest BCUT2D eigenvalue weighted by atomic mass is 79.9. The molecule has 38 heavy (non-hydrogen) atoms. The Balaban J connectivity index is 1.64. The summed E-state index contributed by atoms with van der Waals surface area (Å²) in [6, 6.07) is 9.50. The molecule has 2 aromatic carbocycles. The average Bonchev–Trinajstić information content (AvgIpc) is 3.44. The standard InChI is InChI=1S/C24H16BrCl2N3O8/c1-36-23(32)20-5-4-16(38-20)10-29-22(31)18(28-24(29)33)7-13-6-14(25)8-19(30(34)35)21(13)37-11-12-2-3-15(26)9-17(12)27/h2-9H,10-11H2,1H3,(H,28,33)/b18-7-. The SMILES string of the molecule is COC(=O)c1ccc(CN2C(=O)N/C(=C\c3cc(Br)cc([N+](=O)[O-])c3OCc3ccc(Cl)cc3Cl)C2=O)o1. The Bertz CT molecular complexity index is 1500. The molecule has 196 valence electrons. The van der Waals surface area contributed by atoms with Crippen LogP contribution in [-0.4, -0.2) is 34.8 Å². The molecule has 1 aromatic heterocycles.